The number of hydrogen-bond acceptors (Lipinski definition) is 15. The van der Waals surface area contributed by atoms with Crippen LogP contribution in [0.15, 0.2) is 253 Å². The van der Waals surface area contributed by atoms with E-state index in [0.29, 0.717) is 36.0 Å². The molecule has 6 aromatic carbocycles. The molecule has 12 aromatic rings. The van der Waals surface area contributed by atoms with Gasteiger partial charge in [0, 0.05) is 47.4 Å². The number of Topliss-reactive ketones (excluding diaryl/α,β-unsaturated/α-hetero) is 1. The average molecular weight is 1190 g/mol. The Labute approximate surface area is 488 Å². The van der Waals surface area contributed by atoms with Gasteiger partial charge in [0.15, 0.2) is 28.7 Å². The molecular formula is C61H54BrN13O9. The van der Waals surface area contributed by atoms with Gasteiger partial charge in [0.25, 0.3) is 0 Å². The van der Waals surface area contributed by atoms with E-state index >= 15 is 0 Å². The molecule has 22 nitrogen and oxygen atoms in total. The number of halogens is 1. The number of carbonyl (C=O) groups excluding carboxylic acids is 1. The summed E-state index contributed by atoms with van der Waals surface area (Å²) in [5.41, 5.74) is 13.9. The molecule has 0 aliphatic heterocycles. The highest BCUT2D eigenvalue weighted by Crippen LogP contribution is 2.22. The lowest BCUT2D eigenvalue weighted by molar-refractivity contribution is -0.385. The van der Waals surface area contributed by atoms with Crippen molar-refractivity contribution in [2.75, 3.05) is 5.73 Å². The zero-order valence-electron chi connectivity index (χ0n) is 44.7. The number of nitrogens with two attached hydrogens (primary N) is 1. The number of ketones is 1. The predicted octanol–water partition coefficient (Wildman–Crippen LogP) is 12.3. The number of nitro groups is 2. The van der Waals surface area contributed by atoms with Crippen LogP contribution in [0.2, 0.25) is 0 Å². The van der Waals surface area contributed by atoms with Crippen LogP contribution in [0.3, 0.4) is 0 Å². The second-order valence-electron chi connectivity index (χ2n) is 17.8. The van der Waals surface area contributed by atoms with E-state index in [9.17, 15) is 29.8 Å². The second kappa shape index (κ2) is 32.2. The zero-order chi connectivity index (χ0) is 59.3. The molecule has 0 aliphatic rings. The third kappa shape index (κ3) is 20.2. The summed E-state index contributed by atoms with van der Waals surface area (Å²) in [6, 6.07) is 62.1. The Balaban J connectivity index is 0.000000152. The highest BCUT2D eigenvalue weighted by molar-refractivity contribution is 9.08. The minimum atomic E-state index is -1.09. The van der Waals surface area contributed by atoms with Crippen molar-refractivity contribution in [3.8, 4) is 22.6 Å². The van der Waals surface area contributed by atoms with Crippen molar-refractivity contribution in [1.82, 2.24) is 49.9 Å². The molecule has 0 spiro atoms. The van der Waals surface area contributed by atoms with E-state index in [1.807, 2.05) is 179 Å². The van der Waals surface area contributed by atoms with Gasteiger partial charge in [-0.15, -0.1) is 0 Å². The van der Waals surface area contributed by atoms with Crippen LogP contribution in [0, 0.1) is 20.2 Å². The van der Waals surface area contributed by atoms with Gasteiger partial charge in [-0.1, -0.05) is 208 Å². The lowest BCUT2D eigenvalue weighted by Gasteiger charge is -2.00. The van der Waals surface area contributed by atoms with Crippen LogP contribution in [0.1, 0.15) is 48.8 Å². The minimum Gasteiger partial charge on any atom is -0.476 e. The number of aromatic amines is 1. The monoisotopic (exact) mass is 1190 g/mol. The number of H-pyrrole nitrogens is 1. The van der Waals surface area contributed by atoms with E-state index < -0.39 is 15.8 Å². The summed E-state index contributed by atoms with van der Waals surface area (Å²) in [7, 11) is 0. The van der Waals surface area contributed by atoms with Crippen molar-refractivity contribution < 1.29 is 33.6 Å². The van der Waals surface area contributed by atoms with Crippen LogP contribution in [0.5, 0.6) is 0 Å². The molecule has 424 valence electrons. The maximum absolute atomic E-state index is 12.5. The van der Waals surface area contributed by atoms with Gasteiger partial charge in [-0.3, -0.25) is 44.2 Å². The third-order valence-electron chi connectivity index (χ3n) is 11.4. The predicted molar refractivity (Wildman–Crippen MR) is 318 cm³/mol. The molecule has 0 saturated carbocycles. The van der Waals surface area contributed by atoms with Crippen LogP contribution in [-0.2, 0) is 31.4 Å². The number of rotatable bonds is 15. The SMILES string of the molecule is BrCc1ccccc1.Nc1cnn(Cc2ccccc2)c1.O=C(Cc1cnn(Cc2ccccc2)c1)c1cc(-c2ccccc2)on1.O=C(O)c1cc(-c2ccccc2)on1.O=[N+]([O-])c1cn[nH]c1.O=[N+]([O-])c1cnn(Cc2ccccc2)c1. The number of alkyl halides is 1. The molecule has 0 saturated heterocycles. The molecule has 6 aromatic heterocycles. The first-order valence-corrected chi connectivity index (χ1v) is 26.6. The van der Waals surface area contributed by atoms with Gasteiger partial charge in [-0.2, -0.15) is 20.4 Å². The Morgan fingerprint density at radius 1 is 0.524 bits per heavy atom. The van der Waals surface area contributed by atoms with Crippen molar-refractivity contribution >= 4 is 44.7 Å². The van der Waals surface area contributed by atoms with Crippen LogP contribution in [0.25, 0.3) is 22.6 Å². The fourth-order valence-electron chi connectivity index (χ4n) is 7.34. The number of nitrogen functional groups attached to an aromatic ring is 1. The van der Waals surface area contributed by atoms with Gasteiger partial charge in [0.1, 0.15) is 18.6 Å². The Morgan fingerprint density at radius 2 is 0.940 bits per heavy atom. The number of benzene rings is 6. The van der Waals surface area contributed by atoms with Crippen LogP contribution in [-0.4, -0.2) is 76.6 Å². The molecule has 0 amide bonds. The number of carboxylic acid groups (broad SMARTS) is 1. The van der Waals surface area contributed by atoms with Gasteiger partial charge in [0.2, 0.25) is 0 Å². The Bertz CT molecular complexity index is 3860. The first kappa shape index (κ1) is 60.4. The van der Waals surface area contributed by atoms with Crippen molar-refractivity contribution in [3.05, 3.63) is 303 Å². The van der Waals surface area contributed by atoms with E-state index in [1.165, 1.54) is 35.8 Å². The standard InChI is InChI=1S/C21H17N3O2.C10H9N3O2.C10H11N3.C10H7NO3.C7H7Br.C3H3N3O2/c25-20(19-12-21(26-23-19)18-9-5-2-6-10-18)11-17-13-22-24(15-17)14-16-7-3-1-4-8-16;14-13(15)10-6-11-12(8-10)7-9-4-2-1-3-5-9;11-10-6-12-13(8-10)7-9-4-2-1-3-5-9;12-10(13)8-6-9(14-11-8)7-4-2-1-3-5-7;8-6-7-4-2-1-3-5-7;7-6(8)3-1-4-5-2-3/h1-10,12-13,15H,11,14H2;1-6,8H,7H2;1-6,8H,7,11H2;1-6H,(H,12,13);1-5H,6H2;1-2H,(H,4,5). The number of nitrogens with zero attached hydrogens (tertiary/aromatic N) is 11. The van der Waals surface area contributed by atoms with Crippen LogP contribution in [0.4, 0.5) is 17.1 Å². The molecule has 0 radical (unpaired) electrons. The highest BCUT2D eigenvalue weighted by Gasteiger charge is 2.16. The van der Waals surface area contributed by atoms with Gasteiger partial charge >= 0.3 is 17.3 Å². The van der Waals surface area contributed by atoms with Gasteiger partial charge in [-0.25, -0.2) is 4.79 Å². The second-order valence-corrected chi connectivity index (χ2v) is 18.3. The molecule has 0 aliphatic carbocycles. The van der Waals surface area contributed by atoms with Crippen LogP contribution >= 0.6 is 15.9 Å². The average Bonchev–Trinajstić information content (AvgIpc) is 4.57. The van der Waals surface area contributed by atoms with Crippen molar-refractivity contribution in [2.45, 2.75) is 31.4 Å². The maximum atomic E-state index is 12.5. The maximum Gasteiger partial charge on any atom is 0.358 e. The first-order chi connectivity index (χ1) is 40.9. The Morgan fingerprint density at radius 3 is 1.32 bits per heavy atom. The fraction of sp³-hybridized carbons (Fsp3) is 0.0820. The largest absolute Gasteiger partial charge is 0.476 e. The molecule has 0 atom stereocenters. The third-order valence-corrected chi connectivity index (χ3v) is 12.1. The molecule has 12 rings (SSSR count). The normalized spacial score (nSPS) is 10.1. The summed E-state index contributed by atoms with van der Waals surface area (Å²) in [6.45, 7) is 2.00. The molecule has 6 heterocycles. The quantitative estimate of drug-likeness (QED) is 0.0372. The summed E-state index contributed by atoms with van der Waals surface area (Å²) in [5.74, 6) is -0.122. The van der Waals surface area contributed by atoms with Crippen molar-refractivity contribution in [3.63, 3.8) is 0 Å². The molecule has 23 heteroatoms. The first-order valence-electron chi connectivity index (χ1n) is 25.5. The number of carbonyl (C=O) groups is 2. The highest BCUT2D eigenvalue weighted by atomic mass is 79.9. The number of carboxylic acids is 1. The van der Waals surface area contributed by atoms with Gasteiger partial charge < -0.3 is 19.9 Å². The summed E-state index contributed by atoms with van der Waals surface area (Å²) in [5, 5.41) is 55.2. The minimum absolute atomic E-state index is 0.00926. The smallest absolute Gasteiger partial charge is 0.358 e. The van der Waals surface area contributed by atoms with Crippen LogP contribution < -0.4 is 5.73 Å². The van der Waals surface area contributed by atoms with Gasteiger partial charge in [-0.05, 0) is 27.8 Å². The Hall–Kier alpha value is -11.2. The van der Waals surface area contributed by atoms with E-state index in [2.05, 4.69) is 76.0 Å². The fourth-order valence-corrected chi connectivity index (χ4v) is 7.72. The molecule has 0 unspecified atom stereocenters. The number of hydrogen-bond donors (Lipinski definition) is 3. The van der Waals surface area contributed by atoms with Crippen molar-refractivity contribution in [1.29, 1.82) is 0 Å². The number of nitrogens with one attached hydrogen (secondary N) is 1. The summed E-state index contributed by atoms with van der Waals surface area (Å²) in [6.07, 6.45) is 12.4. The Kier molecular flexibility index (Phi) is 23.1. The zero-order valence-corrected chi connectivity index (χ0v) is 46.3. The number of aromatic nitrogens is 10. The molecule has 84 heavy (non-hydrogen) atoms. The molecule has 4 N–H and O–H groups in total. The summed E-state index contributed by atoms with van der Waals surface area (Å²) in [4.78, 5) is 42.3. The number of aromatic carboxylic acids is 1. The van der Waals surface area contributed by atoms with E-state index in [1.54, 1.807) is 23.1 Å². The van der Waals surface area contributed by atoms with E-state index in [4.69, 9.17) is 19.9 Å². The van der Waals surface area contributed by atoms with E-state index in [0.717, 1.165) is 45.9 Å². The topological polar surface area (TPSA) is 301 Å². The summed E-state index contributed by atoms with van der Waals surface area (Å²) < 4.78 is 15.4. The summed E-state index contributed by atoms with van der Waals surface area (Å²) >= 11 is 3.36. The molecule has 0 bridgehead atoms. The molecule has 0 fully saturated rings. The van der Waals surface area contributed by atoms with E-state index in [-0.39, 0.29) is 29.3 Å². The molecular weight excluding hydrogens is 1140 g/mol. The number of anilines is 1. The lowest BCUT2D eigenvalue weighted by Crippen LogP contribution is -2.03. The van der Waals surface area contributed by atoms with Gasteiger partial charge in [0.05, 0.1) is 53.8 Å². The lowest BCUT2D eigenvalue weighted by atomic mass is 10.1. The van der Waals surface area contributed by atoms with Crippen molar-refractivity contribution in [2.24, 2.45) is 0 Å².